The Balaban J connectivity index is 2.08. The van der Waals surface area contributed by atoms with E-state index in [1.807, 2.05) is 41.5 Å². The van der Waals surface area contributed by atoms with E-state index >= 15 is 4.39 Å². The normalized spacial score (nSPS) is 12.2. The fraction of sp³-hybridized carbons (Fsp3) is 0.379. The maximum Gasteiger partial charge on any atom is 0.258 e. The van der Waals surface area contributed by atoms with Crippen molar-refractivity contribution in [2.24, 2.45) is 11.3 Å². The van der Waals surface area contributed by atoms with Crippen LogP contribution < -0.4 is 16.0 Å². The second-order valence-corrected chi connectivity index (χ2v) is 11.8. The van der Waals surface area contributed by atoms with Gasteiger partial charge < -0.3 is 10.6 Å². The van der Waals surface area contributed by atoms with Crippen LogP contribution in [0.4, 0.5) is 9.52 Å². The van der Waals surface area contributed by atoms with Crippen molar-refractivity contribution in [2.75, 3.05) is 11.9 Å². The Morgan fingerprint density at radius 3 is 2.29 bits per heavy atom. The average Bonchev–Trinajstić information content (AvgIpc) is 3.36. The Hall–Kier alpha value is -3.59. The van der Waals surface area contributed by atoms with Crippen molar-refractivity contribution < 1.29 is 18.8 Å². The highest BCUT2D eigenvalue weighted by molar-refractivity contribution is 7.13. The number of amides is 3. The van der Waals surface area contributed by atoms with Crippen LogP contribution in [0.25, 0.3) is 11.1 Å². The van der Waals surface area contributed by atoms with E-state index in [1.54, 1.807) is 36.7 Å². The van der Waals surface area contributed by atoms with Crippen molar-refractivity contribution in [3.05, 3.63) is 70.0 Å². The van der Waals surface area contributed by atoms with Gasteiger partial charge >= 0.3 is 0 Å². The number of thiazole rings is 1. The van der Waals surface area contributed by atoms with Gasteiger partial charge in [-0.2, -0.15) is 0 Å². The van der Waals surface area contributed by atoms with Crippen LogP contribution in [0.1, 0.15) is 78.2 Å². The number of nitrogens with zero attached hydrogens (tertiary/aromatic N) is 1. The molecule has 0 saturated carbocycles. The van der Waals surface area contributed by atoms with Crippen LogP contribution in [0.5, 0.6) is 0 Å². The fourth-order valence-electron chi connectivity index (χ4n) is 3.55. The number of rotatable bonds is 8. The zero-order valence-corrected chi connectivity index (χ0v) is 23.7. The summed E-state index contributed by atoms with van der Waals surface area (Å²) in [5.74, 6) is -1.59. The summed E-state index contributed by atoms with van der Waals surface area (Å²) < 4.78 is 15.1. The lowest BCUT2D eigenvalue weighted by atomic mass is 9.91. The summed E-state index contributed by atoms with van der Waals surface area (Å²) in [5.41, 5.74) is 1.55. The van der Waals surface area contributed by atoms with Crippen molar-refractivity contribution >= 4 is 34.2 Å². The largest absolute Gasteiger partial charge is 0.352 e. The number of hydrogen-bond donors (Lipinski definition) is 3. The molecule has 0 saturated heterocycles. The molecule has 0 aliphatic heterocycles. The zero-order chi connectivity index (χ0) is 28.2. The van der Waals surface area contributed by atoms with Crippen LogP contribution in [0.3, 0.4) is 0 Å². The number of anilines is 1. The van der Waals surface area contributed by atoms with Gasteiger partial charge in [0.1, 0.15) is 5.82 Å². The van der Waals surface area contributed by atoms with Crippen LogP contribution >= 0.6 is 11.3 Å². The lowest BCUT2D eigenvalue weighted by Gasteiger charge is -2.20. The van der Waals surface area contributed by atoms with E-state index in [9.17, 15) is 14.4 Å². The van der Waals surface area contributed by atoms with Gasteiger partial charge in [-0.3, -0.25) is 19.7 Å². The number of hydrogen-bond acceptors (Lipinski definition) is 5. The monoisotopic (exact) mass is 538 g/mol. The Morgan fingerprint density at radius 2 is 1.68 bits per heavy atom. The van der Waals surface area contributed by atoms with Gasteiger partial charge in [-0.25, -0.2) is 9.37 Å². The van der Waals surface area contributed by atoms with Gasteiger partial charge in [0, 0.05) is 40.9 Å². The molecule has 3 aromatic rings. The van der Waals surface area contributed by atoms with E-state index in [4.69, 9.17) is 0 Å². The molecule has 0 bridgehead atoms. The van der Waals surface area contributed by atoms with Gasteiger partial charge in [-0.15, -0.1) is 11.3 Å². The predicted molar refractivity (Wildman–Crippen MR) is 150 cm³/mol. The van der Waals surface area contributed by atoms with Gasteiger partial charge in [-0.1, -0.05) is 40.7 Å². The van der Waals surface area contributed by atoms with E-state index in [0.29, 0.717) is 28.4 Å². The highest BCUT2D eigenvalue weighted by atomic mass is 32.1. The second kappa shape index (κ2) is 11.9. The molecule has 3 amide bonds. The number of carbonyl (C=O) groups excluding carboxylic acids is 3. The Morgan fingerprint density at radius 1 is 0.974 bits per heavy atom. The zero-order valence-electron chi connectivity index (χ0n) is 22.9. The van der Waals surface area contributed by atoms with E-state index in [-0.39, 0.29) is 40.0 Å². The maximum atomic E-state index is 15.1. The molecule has 0 spiro atoms. The SMILES string of the molecule is Cc1c(F)cc(C(=O)N[C@H](C)C(C)C)cc1-c1ccc(C(=O)NCC(C)(C)C)cc1C(=O)Nc1nccs1. The first-order valence-corrected chi connectivity index (χ1v) is 13.4. The fourth-order valence-corrected chi connectivity index (χ4v) is 4.08. The number of benzene rings is 2. The summed E-state index contributed by atoms with van der Waals surface area (Å²) in [5, 5.41) is 10.6. The molecule has 2 aromatic carbocycles. The number of nitrogens with one attached hydrogen (secondary N) is 3. The smallest absolute Gasteiger partial charge is 0.258 e. The molecular weight excluding hydrogens is 503 g/mol. The summed E-state index contributed by atoms with van der Waals surface area (Å²) >= 11 is 1.25. The lowest BCUT2D eigenvalue weighted by molar-refractivity contribution is 0.0925. The third kappa shape index (κ3) is 7.25. The van der Waals surface area contributed by atoms with Crippen LogP contribution in [0.15, 0.2) is 41.9 Å². The van der Waals surface area contributed by atoms with Crippen LogP contribution in [0.2, 0.25) is 0 Å². The Bertz CT molecular complexity index is 1330. The molecule has 0 fully saturated rings. The lowest BCUT2D eigenvalue weighted by Crippen LogP contribution is -2.36. The summed E-state index contributed by atoms with van der Waals surface area (Å²) in [6, 6.07) is 7.36. The summed E-state index contributed by atoms with van der Waals surface area (Å²) in [7, 11) is 0. The van der Waals surface area contributed by atoms with E-state index in [1.165, 1.54) is 23.5 Å². The molecule has 1 aromatic heterocycles. The van der Waals surface area contributed by atoms with E-state index in [0.717, 1.165) is 0 Å². The highest BCUT2D eigenvalue weighted by Crippen LogP contribution is 2.31. The number of aromatic nitrogens is 1. The van der Waals surface area contributed by atoms with Crippen LogP contribution in [-0.2, 0) is 0 Å². The average molecular weight is 539 g/mol. The quantitative estimate of drug-likeness (QED) is 0.325. The van der Waals surface area contributed by atoms with Gasteiger partial charge in [0.2, 0.25) is 0 Å². The second-order valence-electron chi connectivity index (χ2n) is 10.9. The molecule has 3 N–H and O–H groups in total. The third-order valence-electron chi connectivity index (χ3n) is 6.21. The first-order valence-electron chi connectivity index (χ1n) is 12.5. The topological polar surface area (TPSA) is 100 Å². The molecule has 0 unspecified atom stereocenters. The summed E-state index contributed by atoms with van der Waals surface area (Å²) in [6.45, 7) is 13.9. The molecule has 1 heterocycles. The standard InChI is InChI=1S/C29H35FN4O3S/c1-16(2)18(4)33-26(36)20-13-22(17(3)24(30)14-20)21-9-8-19(25(35)32-15-29(5,6)7)12-23(21)27(37)34-28-31-10-11-38-28/h8-14,16,18H,15H2,1-7H3,(H,32,35)(H,33,36)(H,31,34,37)/t18-/m1/s1. The van der Waals surface area contributed by atoms with Crippen molar-refractivity contribution in [3.8, 4) is 11.1 Å². The molecule has 202 valence electrons. The van der Waals surface area contributed by atoms with Gasteiger partial charge in [0.05, 0.1) is 0 Å². The maximum absolute atomic E-state index is 15.1. The first-order chi connectivity index (χ1) is 17.8. The molecule has 0 radical (unpaired) electrons. The number of halogens is 1. The minimum absolute atomic E-state index is 0.110. The van der Waals surface area contributed by atoms with Crippen molar-refractivity contribution in [1.29, 1.82) is 0 Å². The van der Waals surface area contributed by atoms with Gasteiger partial charge in [0.25, 0.3) is 17.7 Å². The molecule has 9 heteroatoms. The summed E-state index contributed by atoms with van der Waals surface area (Å²) in [4.78, 5) is 43.3. The molecule has 38 heavy (non-hydrogen) atoms. The van der Waals surface area contributed by atoms with Gasteiger partial charge in [-0.05, 0) is 66.1 Å². The summed E-state index contributed by atoms with van der Waals surface area (Å²) in [6.07, 6.45) is 1.57. The molecular formula is C29H35FN4O3S. The van der Waals surface area contributed by atoms with Crippen LogP contribution in [0, 0.1) is 24.1 Å². The Labute approximate surface area is 227 Å². The molecule has 0 aliphatic carbocycles. The molecule has 3 rings (SSSR count). The molecule has 7 nitrogen and oxygen atoms in total. The van der Waals surface area contributed by atoms with Crippen LogP contribution in [-0.4, -0.2) is 35.3 Å². The Kier molecular flexibility index (Phi) is 9.04. The number of carbonyl (C=O) groups is 3. The van der Waals surface area contributed by atoms with Crippen molar-refractivity contribution in [2.45, 2.75) is 54.5 Å². The van der Waals surface area contributed by atoms with Gasteiger partial charge in [0.15, 0.2) is 5.13 Å². The predicted octanol–water partition coefficient (Wildman–Crippen LogP) is 6.06. The third-order valence-corrected chi connectivity index (χ3v) is 6.90. The molecule has 0 aliphatic rings. The minimum Gasteiger partial charge on any atom is -0.352 e. The van der Waals surface area contributed by atoms with Crippen molar-refractivity contribution in [1.82, 2.24) is 15.6 Å². The van der Waals surface area contributed by atoms with Crippen molar-refractivity contribution in [3.63, 3.8) is 0 Å². The van der Waals surface area contributed by atoms with E-state index in [2.05, 4.69) is 20.9 Å². The van der Waals surface area contributed by atoms with E-state index < -0.39 is 17.6 Å². The minimum atomic E-state index is -0.567. The first kappa shape index (κ1) is 29.0. The highest BCUT2D eigenvalue weighted by Gasteiger charge is 2.22. The molecule has 1 atom stereocenters.